The van der Waals surface area contributed by atoms with Gasteiger partial charge in [-0.25, -0.2) is 4.79 Å². The van der Waals surface area contributed by atoms with Crippen molar-refractivity contribution in [2.45, 2.75) is 193 Å². The minimum Gasteiger partial charge on any atom is -0.508 e. The van der Waals surface area contributed by atoms with Crippen LogP contribution in [0.1, 0.15) is 125 Å². The molecule has 3 heterocycles. The van der Waals surface area contributed by atoms with E-state index in [1.807, 2.05) is 20.8 Å². The summed E-state index contributed by atoms with van der Waals surface area (Å²) in [5.41, 5.74) is 17.4. The molecule has 0 spiro atoms. The van der Waals surface area contributed by atoms with E-state index in [9.17, 15) is 68.1 Å². The Hall–Kier alpha value is -7.62. The van der Waals surface area contributed by atoms with Crippen molar-refractivity contribution in [1.82, 2.24) is 51.9 Å². The number of hydrogen-bond donors (Lipinski definition) is 13. The number of hydrogen-bond acceptors (Lipinski definition) is 15. The molecule has 468 valence electrons. The Bertz CT molecular complexity index is 2530. The largest absolute Gasteiger partial charge is 0.508 e. The number of amides is 10. The Labute approximate surface area is 490 Å². The number of nitrogens with zero attached hydrogens (tertiary/aromatic N) is 4. The number of aliphatic carboxylic acids is 1. The van der Waals surface area contributed by atoms with Gasteiger partial charge in [0.05, 0.1) is 18.7 Å². The molecule has 0 saturated carbocycles. The third-order valence-corrected chi connectivity index (χ3v) is 15.4. The van der Waals surface area contributed by atoms with Crippen LogP contribution < -0.4 is 54.4 Å². The lowest BCUT2D eigenvalue weighted by Crippen LogP contribution is -2.62. The van der Waals surface area contributed by atoms with Crippen molar-refractivity contribution in [3.05, 3.63) is 29.8 Å². The third-order valence-electron chi connectivity index (χ3n) is 15.4. The van der Waals surface area contributed by atoms with Crippen LogP contribution in [0.25, 0.3) is 0 Å². The molecule has 16 N–H and O–H groups in total. The molecule has 12 atom stereocenters. The fourth-order valence-electron chi connectivity index (χ4n) is 10.5. The van der Waals surface area contributed by atoms with E-state index in [0.29, 0.717) is 37.7 Å². The van der Waals surface area contributed by atoms with Crippen molar-refractivity contribution in [2.24, 2.45) is 39.9 Å². The number of nitrogens with two attached hydrogens (primary N) is 3. The minimum atomic E-state index is -1.61. The van der Waals surface area contributed by atoms with Gasteiger partial charge in [-0.15, -0.1) is 0 Å². The molecule has 0 aromatic heterocycles. The number of aliphatic hydroxyl groups is 1. The van der Waals surface area contributed by atoms with Crippen molar-refractivity contribution in [3.63, 3.8) is 0 Å². The molecule has 3 aliphatic heterocycles. The van der Waals surface area contributed by atoms with Crippen molar-refractivity contribution < 1.29 is 68.1 Å². The van der Waals surface area contributed by atoms with Gasteiger partial charge >= 0.3 is 5.97 Å². The van der Waals surface area contributed by atoms with Crippen LogP contribution in [-0.4, -0.2) is 200 Å². The molecule has 3 fully saturated rings. The minimum absolute atomic E-state index is 0.0145. The highest BCUT2D eigenvalue weighted by molar-refractivity contribution is 5.99. The number of guanidine groups is 1. The second-order valence-electron chi connectivity index (χ2n) is 22.9. The fraction of sp³-hybridized carbons (Fsp3) is 0.679. The van der Waals surface area contributed by atoms with Crippen molar-refractivity contribution in [3.8, 4) is 5.75 Å². The molecule has 3 saturated heterocycles. The van der Waals surface area contributed by atoms with Crippen LogP contribution in [0, 0.1) is 17.8 Å². The van der Waals surface area contributed by atoms with Gasteiger partial charge in [0.1, 0.15) is 60.1 Å². The normalized spacial score (nSPS) is 20.0. The van der Waals surface area contributed by atoms with Gasteiger partial charge in [0.15, 0.2) is 5.96 Å². The number of benzene rings is 1. The second-order valence-corrected chi connectivity index (χ2v) is 22.9. The molecular weight excluding hydrogens is 1090 g/mol. The van der Waals surface area contributed by atoms with E-state index in [0.717, 1.165) is 0 Å². The van der Waals surface area contributed by atoms with Crippen LogP contribution in [0.15, 0.2) is 29.3 Å². The Morgan fingerprint density at radius 2 is 1.20 bits per heavy atom. The summed E-state index contributed by atoms with van der Waals surface area (Å²) < 4.78 is 0. The van der Waals surface area contributed by atoms with Gasteiger partial charge in [-0.2, -0.15) is 0 Å². The van der Waals surface area contributed by atoms with Crippen molar-refractivity contribution in [2.75, 3.05) is 32.7 Å². The number of carbonyl (C=O) groups excluding carboxylic acids is 10. The smallest absolute Gasteiger partial charge is 0.326 e. The topological polar surface area (TPSA) is 433 Å². The summed E-state index contributed by atoms with van der Waals surface area (Å²) in [7, 11) is 0. The molecule has 1 aromatic rings. The molecule has 0 radical (unpaired) electrons. The molecule has 3 aliphatic rings. The molecule has 0 unspecified atom stereocenters. The summed E-state index contributed by atoms with van der Waals surface area (Å²) in [6.45, 7) is 13.5. The highest BCUT2D eigenvalue weighted by atomic mass is 16.4. The monoisotopic (exact) mass is 1180 g/mol. The van der Waals surface area contributed by atoms with Crippen LogP contribution in [0.4, 0.5) is 0 Å². The zero-order valence-corrected chi connectivity index (χ0v) is 49.6. The quantitative estimate of drug-likeness (QED) is 0.0216. The zero-order valence-electron chi connectivity index (χ0n) is 49.6. The highest BCUT2D eigenvalue weighted by Gasteiger charge is 2.45. The summed E-state index contributed by atoms with van der Waals surface area (Å²) in [6.07, 6.45) is 1.56. The van der Waals surface area contributed by atoms with Crippen LogP contribution in [0.3, 0.4) is 0 Å². The number of phenolic OH excluding ortho intramolecular Hbond substituents is 1. The first-order valence-corrected chi connectivity index (χ1v) is 29.1. The maximum Gasteiger partial charge on any atom is 0.326 e. The Morgan fingerprint density at radius 1 is 0.655 bits per heavy atom. The number of likely N-dealkylation sites (tertiary alicyclic amines) is 3. The number of carbonyl (C=O) groups is 11. The molecule has 10 amide bonds. The van der Waals surface area contributed by atoms with Gasteiger partial charge in [0, 0.05) is 32.6 Å². The summed E-state index contributed by atoms with van der Waals surface area (Å²) in [4.78, 5) is 158. The number of carboxylic acid groups (broad SMARTS) is 1. The predicted molar refractivity (Wildman–Crippen MR) is 307 cm³/mol. The lowest BCUT2D eigenvalue weighted by atomic mass is 9.95. The van der Waals surface area contributed by atoms with E-state index in [-0.39, 0.29) is 82.3 Å². The summed E-state index contributed by atoms with van der Waals surface area (Å²) in [5, 5.41) is 48.4. The molecule has 28 heteroatoms. The van der Waals surface area contributed by atoms with Crippen molar-refractivity contribution in [1.29, 1.82) is 0 Å². The summed E-state index contributed by atoms with van der Waals surface area (Å²) >= 11 is 0. The van der Waals surface area contributed by atoms with Gasteiger partial charge in [0.25, 0.3) is 0 Å². The lowest BCUT2D eigenvalue weighted by molar-refractivity contribution is -0.148. The van der Waals surface area contributed by atoms with Gasteiger partial charge in [-0.1, -0.05) is 60.1 Å². The van der Waals surface area contributed by atoms with E-state index < -0.39 is 150 Å². The number of nitrogens with one attached hydrogen (secondary N) is 7. The number of rotatable bonds is 30. The van der Waals surface area contributed by atoms with Crippen LogP contribution in [0.2, 0.25) is 0 Å². The number of phenols is 1. The van der Waals surface area contributed by atoms with E-state index in [4.69, 9.17) is 17.2 Å². The Kier molecular flexibility index (Phi) is 26.6. The summed E-state index contributed by atoms with van der Waals surface area (Å²) in [5.74, 6) is -9.21. The maximum absolute atomic E-state index is 14.5. The standard InChI is InChI=1S/C56H90N14O14/c1-9-31(6)44(66-49(77)43(30(4)5)65-46(74)36(57)14-10-22-60-56(58)59)50(78)64-37(26-29(2)3)53(81)68-23-12-16-40(68)48(76)67-45(33(8)71)51(79)62-32(7)52(80)70-25-13-17-41(70)54(82)69-24-11-15-39(69)47(75)61-28-42(73)63-38(55(83)84)27-34-18-20-35(72)21-19-34/h18-21,29-33,36-41,43-45,71-72H,9-17,22-28,57H2,1-8H3,(H,61,75)(H,62,79)(H,63,73)(H,64,78)(H,65,74)(H,66,77)(H,67,76)(H,83,84)(H4,58,59,60)/t31-,32-,33+,36-,37-,38-,39-,40-,41-,43-,44-,45-/m0/s1. The first kappa shape index (κ1) is 68.9. The fourth-order valence-corrected chi connectivity index (χ4v) is 10.5. The van der Waals surface area contributed by atoms with Gasteiger partial charge < -0.3 is 84.4 Å². The molecule has 84 heavy (non-hydrogen) atoms. The number of aliphatic hydroxyl groups excluding tert-OH is 1. The summed E-state index contributed by atoms with van der Waals surface area (Å²) in [6, 6.07) is -5.92. The van der Waals surface area contributed by atoms with E-state index in [1.54, 1.807) is 20.8 Å². The number of aromatic hydroxyl groups is 1. The zero-order chi connectivity index (χ0) is 62.7. The van der Waals surface area contributed by atoms with Crippen LogP contribution in [-0.2, 0) is 59.2 Å². The van der Waals surface area contributed by atoms with Crippen molar-refractivity contribution >= 4 is 71.0 Å². The van der Waals surface area contributed by atoms with E-state index in [2.05, 4.69) is 42.2 Å². The average molecular weight is 1180 g/mol. The first-order valence-electron chi connectivity index (χ1n) is 29.1. The predicted octanol–water partition coefficient (Wildman–Crippen LogP) is -2.45. The average Bonchev–Trinajstić information content (AvgIpc) is 3.19. The molecular formula is C56H90N14O14. The van der Waals surface area contributed by atoms with Gasteiger partial charge in [-0.05, 0) is 107 Å². The number of aliphatic imine (C=N–C) groups is 1. The molecule has 0 aliphatic carbocycles. The maximum atomic E-state index is 14.5. The van der Waals surface area contributed by atoms with Gasteiger partial charge in [-0.3, -0.25) is 52.9 Å². The molecule has 1 aromatic carbocycles. The second kappa shape index (κ2) is 32.4. The Morgan fingerprint density at radius 3 is 1.76 bits per heavy atom. The van der Waals surface area contributed by atoms with E-state index in [1.165, 1.54) is 52.8 Å². The van der Waals surface area contributed by atoms with Gasteiger partial charge in [0.2, 0.25) is 59.1 Å². The molecule has 4 rings (SSSR count). The molecule has 28 nitrogen and oxygen atoms in total. The van der Waals surface area contributed by atoms with Crippen LogP contribution in [0.5, 0.6) is 5.75 Å². The molecule has 0 bridgehead atoms. The van der Waals surface area contributed by atoms with E-state index >= 15 is 0 Å². The lowest BCUT2D eigenvalue weighted by Gasteiger charge is -2.33. The first-order chi connectivity index (χ1) is 39.6. The van der Waals surface area contributed by atoms with Crippen LogP contribution >= 0.6 is 0 Å². The Balaban J connectivity index is 1.37. The highest BCUT2D eigenvalue weighted by Crippen LogP contribution is 2.27. The third kappa shape index (κ3) is 19.8. The number of carboxylic acids is 1. The SMILES string of the molecule is CC[C@H](C)[C@H](NC(=O)[C@@H](NC(=O)[C@@H](N)CCCN=C(N)N)C(C)C)C(=O)N[C@@H](CC(C)C)C(=O)N1CCC[C@H]1C(=O)N[C@H](C(=O)N[C@@H](C)C(=O)N1CCC[C@H]1C(=O)N1CCC[C@H]1C(=O)NCC(=O)N[C@@H](Cc1ccc(O)cc1)C(=O)O)[C@@H](C)O.